The highest BCUT2D eigenvalue weighted by Gasteiger charge is 2.07. The molecule has 0 saturated heterocycles. The van der Waals surface area contributed by atoms with Gasteiger partial charge in [0.05, 0.1) is 7.11 Å². The van der Waals surface area contributed by atoms with E-state index in [1.165, 1.54) is 7.11 Å². The first kappa shape index (κ1) is 13.8. The summed E-state index contributed by atoms with van der Waals surface area (Å²) in [7, 11) is 1.37. The van der Waals surface area contributed by atoms with Gasteiger partial charge in [0.1, 0.15) is 5.75 Å². The Hall–Kier alpha value is -2.62. The molecule has 4 heteroatoms. The number of para-hydroxylation sites is 1. The van der Waals surface area contributed by atoms with Crippen LogP contribution in [0.15, 0.2) is 48.8 Å². The van der Waals surface area contributed by atoms with Crippen LogP contribution >= 0.6 is 0 Å². The number of carbonyl (C=O) groups excluding carboxylic acids is 1. The topological polar surface area (TPSA) is 50.4 Å². The monoisotopic (exact) mass is 270 g/mol. The first-order valence-electron chi connectivity index (χ1n) is 6.21. The number of carbonyl (C=O) groups is 1. The molecule has 0 aliphatic rings. The molecule has 1 N–H and O–H groups in total. The van der Waals surface area contributed by atoms with Crippen molar-refractivity contribution < 1.29 is 19.2 Å². The van der Waals surface area contributed by atoms with Crippen LogP contribution in [0.3, 0.4) is 0 Å². The zero-order valence-electron chi connectivity index (χ0n) is 11.2. The maximum absolute atomic E-state index is 11.1. The standard InChI is InChI=1S/C16H15NO3/c1-20-16(19)12-17-10-8-13(9-11-17)6-7-14-4-2-3-5-15(14)18/h2-11H,12H2,1H3/p+1. The van der Waals surface area contributed by atoms with Crippen LogP contribution in [-0.2, 0) is 16.1 Å². The van der Waals surface area contributed by atoms with Crippen LogP contribution in [0.5, 0.6) is 5.75 Å². The Morgan fingerprint density at radius 3 is 2.55 bits per heavy atom. The fourth-order valence-electron chi connectivity index (χ4n) is 1.71. The second kappa shape index (κ2) is 6.52. The summed E-state index contributed by atoms with van der Waals surface area (Å²) < 4.78 is 6.34. The lowest BCUT2D eigenvalue weighted by Crippen LogP contribution is -2.37. The van der Waals surface area contributed by atoms with Gasteiger partial charge in [-0.3, -0.25) is 0 Å². The van der Waals surface area contributed by atoms with Crippen molar-refractivity contribution in [2.75, 3.05) is 7.11 Å². The summed E-state index contributed by atoms with van der Waals surface area (Å²) in [4.78, 5) is 11.1. The number of pyridine rings is 1. The SMILES string of the molecule is COC(=O)C[n+]1ccc(/C=C/c2ccccc2O)cc1. The van der Waals surface area contributed by atoms with Crippen molar-refractivity contribution in [3.63, 3.8) is 0 Å². The highest BCUT2D eigenvalue weighted by atomic mass is 16.5. The van der Waals surface area contributed by atoms with Crippen molar-refractivity contribution in [3.05, 3.63) is 59.9 Å². The average Bonchev–Trinajstić information content (AvgIpc) is 2.48. The van der Waals surface area contributed by atoms with Gasteiger partial charge in [-0.1, -0.05) is 30.4 Å². The second-order valence-corrected chi connectivity index (χ2v) is 4.27. The quantitative estimate of drug-likeness (QED) is 0.683. The van der Waals surface area contributed by atoms with Gasteiger partial charge in [0.25, 0.3) is 0 Å². The predicted molar refractivity (Wildman–Crippen MR) is 75.7 cm³/mol. The van der Waals surface area contributed by atoms with Crippen LogP contribution in [-0.4, -0.2) is 18.2 Å². The van der Waals surface area contributed by atoms with Crippen LogP contribution < -0.4 is 4.57 Å². The molecule has 0 aliphatic carbocycles. The van der Waals surface area contributed by atoms with Gasteiger partial charge in [0.2, 0.25) is 6.54 Å². The number of aromatic nitrogens is 1. The Kier molecular flexibility index (Phi) is 4.50. The van der Waals surface area contributed by atoms with E-state index >= 15 is 0 Å². The molecular formula is C16H16NO3+. The molecule has 0 amide bonds. The van der Waals surface area contributed by atoms with Crippen LogP contribution in [0.1, 0.15) is 11.1 Å². The molecule has 2 aromatic rings. The van der Waals surface area contributed by atoms with Crippen molar-refractivity contribution >= 4 is 18.1 Å². The Labute approximate surface area is 117 Å². The van der Waals surface area contributed by atoms with Gasteiger partial charge in [-0.2, -0.15) is 4.57 Å². The van der Waals surface area contributed by atoms with Crippen LogP contribution in [0.25, 0.3) is 12.2 Å². The molecule has 0 aliphatic heterocycles. The summed E-state index contributed by atoms with van der Waals surface area (Å²) in [5.74, 6) is -0.0343. The Morgan fingerprint density at radius 1 is 1.20 bits per heavy atom. The van der Waals surface area contributed by atoms with E-state index in [1.807, 2.05) is 36.4 Å². The average molecular weight is 270 g/mol. The van der Waals surface area contributed by atoms with E-state index in [-0.39, 0.29) is 18.3 Å². The lowest BCUT2D eigenvalue weighted by atomic mass is 10.1. The fourth-order valence-corrected chi connectivity index (χ4v) is 1.71. The van der Waals surface area contributed by atoms with Crippen LogP contribution in [0, 0.1) is 0 Å². The zero-order valence-corrected chi connectivity index (χ0v) is 11.2. The molecule has 20 heavy (non-hydrogen) atoms. The Bertz CT molecular complexity index is 618. The summed E-state index contributed by atoms with van der Waals surface area (Å²) in [5, 5.41) is 9.65. The van der Waals surface area contributed by atoms with E-state index in [2.05, 4.69) is 4.74 Å². The van der Waals surface area contributed by atoms with Gasteiger partial charge in [-0.05, 0) is 11.6 Å². The van der Waals surface area contributed by atoms with Crippen LogP contribution in [0.2, 0.25) is 0 Å². The summed E-state index contributed by atoms with van der Waals surface area (Å²) in [6.45, 7) is 0.194. The van der Waals surface area contributed by atoms with E-state index in [4.69, 9.17) is 0 Å². The number of phenolic OH excluding ortho intramolecular Hbond substituents is 1. The molecule has 1 heterocycles. The summed E-state index contributed by atoms with van der Waals surface area (Å²) in [5.41, 5.74) is 1.74. The maximum atomic E-state index is 11.1. The molecule has 0 bridgehead atoms. The van der Waals surface area contributed by atoms with Crippen molar-refractivity contribution in [2.24, 2.45) is 0 Å². The van der Waals surface area contributed by atoms with E-state index in [0.29, 0.717) is 0 Å². The maximum Gasteiger partial charge on any atom is 0.372 e. The third-order valence-electron chi connectivity index (χ3n) is 2.85. The molecule has 0 unspecified atom stereocenters. The van der Waals surface area contributed by atoms with E-state index in [1.54, 1.807) is 29.1 Å². The molecular weight excluding hydrogens is 254 g/mol. The Morgan fingerprint density at radius 2 is 1.90 bits per heavy atom. The molecule has 2 rings (SSSR count). The minimum absolute atomic E-state index is 0.194. The van der Waals surface area contributed by atoms with Gasteiger partial charge in [-0.15, -0.1) is 0 Å². The number of rotatable bonds is 4. The molecule has 4 nitrogen and oxygen atoms in total. The third kappa shape index (κ3) is 3.68. The molecule has 1 aromatic carbocycles. The highest BCUT2D eigenvalue weighted by molar-refractivity contribution is 5.72. The summed E-state index contributed by atoms with van der Waals surface area (Å²) in [6.07, 6.45) is 7.36. The normalized spacial score (nSPS) is 10.7. The van der Waals surface area contributed by atoms with Gasteiger partial charge in [0, 0.05) is 17.7 Å². The molecule has 0 saturated carbocycles. The lowest BCUT2D eigenvalue weighted by Gasteiger charge is -1.98. The smallest absolute Gasteiger partial charge is 0.372 e. The fraction of sp³-hybridized carbons (Fsp3) is 0.125. The highest BCUT2D eigenvalue weighted by Crippen LogP contribution is 2.18. The summed E-state index contributed by atoms with van der Waals surface area (Å²) >= 11 is 0. The molecule has 0 fully saturated rings. The number of hydrogen-bond donors (Lipinski definition) is 1. The first-order chi connectivity index (χ1) is 9.69. The van der Waals surface area contributed by atoms with Crippen molar-refractivity contribution in [1.82, 2.24) is 0 Å². The zero-order chi connectivity index (χ0) is 14.4. The first-order valence-corrected chi connectivity index (χ1v) is 6.21. The minimum Gasteiger partial charge on any atom is -0.507 e. The number of ether oxygens (including phenoxy) is 1. The largest absolute Gasteiger partial charge is 0.507 e. The van der Waals surface area contributed by atoms with E-state index < -0.39 is 0 Å². The number of phenols is 1. The predicted octanol–water partition coefficient (Wildman–Crippen LogP) is 2.02. The number of nitrogens with zero attached hydrogens (tertiary/aromatic N) is 1. The van der Waals surface area contributed by atoms with Gasteiger partial charge in [0.15, 0.2) is 12.4 Å². The van der Waals surface area contributed by atoms with E-state index in [9.17, 15) is 9.90 Å². The molecule has 1 aromatic heterocycles. The van der Waals surface area contributed by atoms with E-state index in [0.717, 1.165) is 11.1 Å². The van der Waals surface area contributed by atoms with Crippen molar-refractivity contribution in [2.45, 2.75) is 6.54 Å². The molecule has 0 radical (unpaired) electrons. The molecule has 0 spiro atoms. The second-order valence-electron chi connectivity index (χ2n) is 4.27. The minimum atomic E-state index is -0.285. The molecule has 102 valence electrons. The summed E-state index contributed by atoms with van der Waals surface area (Å²) in [6, 6.07) is 10.9. The number of benzene rings is 1. The number of methoxy groups -OCH3 is 1. The van der Waals surface area contributed by atoms with Gasteiger partial charge < -0.3 is 9.84 Å². The van der Waals surface area contributed by atoms with Crippen molar-refractivity contribution in [1.29, 1.82) is 0 Å². The number of esters is 1. The lowest BCUT2D eigenvalue weighted by molar-refractivity contribution is -0.685. The van der Waals surface area contributed by atoms with Crippen molar-refractivity contribution in [3.8, 4) is 5.75 Å². The number of aromatic hydroxyl groups is 1. The Balaban J connectivity index is 2.07. The van der Waals surface area contributed by atoms with Gasteiger partial charge in [-0.25, -0.2) is 4.79 Å². The number of hydrogen-bond acceptors (Lipinski definition) is 3. The van der Waals surface area contributed by atoms with Crippen LogP contribution in [0.4, 0.5) is 0 Å². The third-order valence-corrected chi connectivity index (χ3v) is 2.85. The van der Waals surface area contributed by atoms with Gasteiger partial charge >= 0.3 is 5.97 Å². The molecule has 0 atom stereocenters.